The van der Waals surface area contributed by atoms with Crippen molar-refractivity contribution in [3.63, 3.8) is 0 Å². The molecule has 0 atom stereocenters. The Hall–Kier alpha value is -4.18. The molecule has 0 saturated heterocycles. The number of carbonyl (C=O) groups is 2. The third-order valence-electron chi connectivity index (χ3n) is 5.21. The second-order valence-electron chi connectivity index (χ2n) is 7.23. The van der Waals surface area contributed by atoms with Gasteiger partial charge in [0.2, 0.25) is 0 Å². The third kappa shape index (κ3) is 3.71. The summed E-state index contributed by atoms with van der Waals surface area (Å²) in [7, 11) is 0. The van der Waals surface area contributed by atoms with E-state index in [1.165, 1.54) is 4.90 Å². The Morgan fingerprint density at radius 1 is 1.10 bits per heavy atom. The van der Waals surface area contributed by atoms with E-state index in [4.69, 9.17) is 10.5 Å². The van der Waals surface area contributed by atoms with E-state index < -0.39 is 0 Å². The average Bonchev–Trinajstić information content (AvgIpc) is 3.03. The van der Waals surface area contributed by atoms with Crippen molar-refractivity contribution in [1.29, 1.82) is 5.26 Å². The summed E-state index contributed by atoms with van der Waals surface area (Å²) in [6.07, 6.45) is 2.12. The predicted molar refractivity (Wildman–Crippen MR) is 115 cm³/mol. The molecular formula is C24H20N4O3. The number of ether oxygens (including phenoxy) is 1. The van der Waals surface area contributed by atoms with Crippen LogP contribution in [0.15, 0.2) is 54.7 Å². The van der Waals surface area contributed by atoms with Crippen molar-refractivity contribution >= 4 is 17.5 Å². The number of benzene rings is 2. The standard InChI is InChI=1S/C24H20N4O3/c1-15-6-4-9-27-22(15)16-12-17(14-25)21(26)20(13-16)31-11-5-10-28-23(29)18-7-2-3-8-19(18)24(28)30/h2-4,6-9,12-13H,5,10-11,26H2,1H3. The lowest BCUT2D eigenvalue weighted by atomic mass is 10.0. The zero-order chi connectivity index (χ0) is 22.0. The summed E-state index contributed by atoms with van der Waals surface area (Å²) < 4.78 is 5.84. The molecule has 2 N–H and O–H groups in total. The van der Waals surface area contributed by atoms with Gasteiger partial charge in [0.25, 0.3) is 11.8 Å². The Morgan fingerprint density at radius 3 is 2.45 bits per heavy atom. The Morgan fingerprint density at radius 2 is 1.81 bits per heavy atom. The highest BCUT2D eigenvalue weighted by atomic mass is 16.5. The molecule has 0 bridgehead atoms. The average molecular weight is 412 g/mol. The lowest BCUT2D eigenvalue weighted by Gasteiger charge is -2.16. The van der Waals surface area contributed by atoms with Crippen LogP contribution in [0.5, 0.6) is 5.75 Å². The predicted octanol–water partition coefficient (Wildman–Crippen LogP) is 3.58. The van der Waals surface area contributed by atoms with Crippen LogP contribution in [0.1, 0.15) is 38.3 Å². The fourth-order valence-electron chi connectivity index (χ4n) is 3.61. The number of nitrogens with two attached hydrogens (primary N) is 1. The zero-order valence-corrected chi connectivity index (χ0v) is 17.0. The van der Waals surface area contributed by atoms with Gasteiger partial charge in [-0.15, -0.1) is 0 Å². The molecule has 0 fully saturated rings. The maximum absolute atomic E-state index is 12.4. The number of nitriles is 1. The molecule has 0 saturated carbocycles. The van der Waals surface area contributed by atoms with Crippen molar-refractivity contribution < 1.29 is 14.3 Å². The van der Waals surface area contributed by atoms with Crippen LogP contribution in [-0.2, 0) is 0 Å². The molecule has 1 aromatic heterocycles. The molecule has 0 unspecified atom stereocenters. The number of hydrogen-bond donors (Lipinski definition) is 1. The van der Waals surface area contributed by atoms with Crippen molar-refractivity contribution in [3.05, 3.63) is 77.0 Å². The molecule has 2 aromatic carbocycles. The maximum Gasteiger partial charge on any atom is 0.261 e. The van der Waals surface area contributed by atoms with Crippen molar-refractivity contribution in [3.8, 4) is 23.1 Å². The van der Waals surface area contributed by atoms with Gasteiger partial charge in [-0.3, -0.25) is 19.5 Å². The second-order valence-corrected chi connectivity index (χ2v) is 7.23. The number of carbonyl (C=O) groups excluding carboxylic acids is 2. The Balaban J connectivity index is 1.46. The van der Waals surface area contributed by atoms with E-state index in [-0.39, 0.29) is 30.7 Å². The quantitative estimate of drug-likeness (QED) is 0.377. The Bertz CT molecular complexity index is 1190. The summed E-state index contributed by atoms with van der Waals surface area (Å²) in [4.78, 5) is 30.5. The van der Waals surface area contributed by atoms with Crippen molar-refractivity contribution in [2.45, 2.75) is 13.3 Å². The van der Waals surface area contributed by atoms with E-state index >= 15 is 0 Å². The van der Waals surface area contributed by atoms with E-state index in [2.05, 4.69) is 11.1 Å². The number of imide groups is 1. The highest BCUT2D eigenvalue weighted by Gasteiger charge is 2.34. The van der Waals surface area contributed by atoms with Crippen LogP contribution in [0.2, 0.25) is 0 Å². The summed E-state index contributed by atoms with van der Waals surface area (Å²) >= 11 is 0. The van der Waals surface area contributed by atoms with E-state index in [0.29, 0.717) is 28.9 Å². The van der Waals surface area contributed by atoms with Gasteiger partial charge in [-0.25, -0.2) is 0 Å². The van der Waals surface area contributed by atoms with Crippen molar-refractivity contribution in [2.75, 3.05) is 18.9 Å². The van der Waals surface area contributed by atoms with Gasteiger partial charge in [0, 0.05) is 18.3 Å². The number of amides is 2. The van der Waals surface area contributed by atoms with Gasteiger partial charge in [-0.05, 0) is 49.2 Å². The van der Waals surface area contributed by atoms with Crippen molar-refractivity contribution in [2.24, 2.45) is 0 Å². The fourth-order valence-corrected chi connectivity index (χ4v) is 3.61. The van der Waals surface area contributed by atoms with Crippen LogP contribution in [0, 0.1) is 18.3 Å². The molecule has 3 aromatic rings. The van der Waals surface area contributed by atoms with Gasteiger partial charge in [0.15, 0.2) is 0 Å². The van der Waals surface area contributed by atoms with Crippen LogP contribution in [-0.4, -0.2) is 34.8 Å². The SMILES string of the molecule is Cc1cccnc1-c1cc(C#N)c(N)c(OCCCN2C(=O)c3ccccc3C2=O)c1. The van der Waals surface area contributed by atoms with E-state index in [0.717, 1.165) is 16.8 Å². The minimum Gasteiger partial charge on any atom is -0.491 e. The van der Waals surface area contributed by atoms with Crippen LogP contribution in [0.3, 0.4) is 0 Å². The van der Waals surface area contributed by atoms with Gasteiger partial charge < -0.3 is 10.5 Å². The molecule has 1 aliphatic heterocycles. The number of hydrogen-bond acceptors (Lipinski definition) is 6. The lowest BCUT2D eigenvalue weighted by Crippen LogP contribution is -2.31. The highest BCUT2D eigenvalue weighted by molar-refractivity contribution is 6.21. The van der Waals surface area contributed by atoms with Crippen molar-refractivity contribution in [1.82, 2.24) is 9.88 Å². The Labute approximate surface area is 179 Å². The minimum absolute atomic E-state index is 0.229. The molecule has 2 amide bonds. The molecule has 0 spiro atoms. The lowest BCUT2D eigenvalue weighted by molar-refractivity contribution is 0.0647. The topological polar surface area (TPSA) is 109 Å². The summed E-state index contributed by atoms with van der Waals surface area (Å²) in [6, 6.07) is 16.1. The van der Waals surface area contributed by atoms with Crippen LogP contribution in [0.25, 0.3) is 11.3 Å². The number of aromatic nitrogens is 1. The number of pyridine rings is 1. The molecule has 7 heteroatoms. The first-order chi connectivity index (χ1) is 15.0. The summed E-state index contributed by atoms with van der Waals surface area (Å²) in [5.41, 5.74) is 9.95. The van der Waals surface area contributed by atoms with Gasteiger partial charge in [0.05, 0.1) is 34.7 Å². The molecule has 1 aliphatic rings. The normalized spacial score (nSPS) is 12.6. The minimum atomic E-state index is -0.292. The second kappa shape index (κ2) is 8.28. The van der Waals surface area contributed by atoms with E-state index in [9.17, 15) is 14.9 Å². The fraction of sp³-hybridized carbons (Fsp3) is 0.167. The first-order valence-corrected chi connectivity index (χ1v) is 9.85. The zero-order valence-electron chi connectivity index (χ0n) is 17.0. The number of aryl methyl sites for hydroxylation is 1. The number of anilines is 1. The maximum atomic E-state index is 12.4. The molecular weight excluding hydrogens is 392 g/mol. The first-order valence-electron chi connectivity index (χ1n) is 9.85. The third-order valence-corrected chi connectivity index (χ3v) is 5.21. The highest BCUT2D eigenvalue weighted by Crippen LogP contribution is 2.33. The molecule has 4 rings (SSSR count). The molecule has 154 valence electrons. The number of fused-ring (bicyclic) bond motifs is 1. The number of nitrogen functional groups attached to an aromatic ring is 1. The molecule has 0 aliphatic carbocycles. The largest absolute Gasteiger partial charge is 0.491 e. The van der Waals surface area contributed by atoms with Gasteiger partial charge in [-0.1, -0.05) is 18.2 Å². The summed E-state index contributed by atoms with van der Waals surface area (Å²) in [6.45, 7) is 2.40. The number of nitrogens with zero attached hydrogens (tertiary/aromatic N) is 3. The van der Waals surface area contributed by atoms with E-state index in [1.807, 2.05) is 19.1 Å². The van der Waals surface area contributed by atoms with Crippen LogP contribution < -0.4 is 10.5 Å². The monoisotopic (exact) mass is 412 g/mol. The first kappa shape index (κ1) is 20.1. The number of rotatable bonds is 6. The molecule has 31 heavy (non-hydrogen) atoms. The summed E-state index contributed by atoms with van der Waals surface area (Å²) in [5, 5.41) is 9.46. The van der Waals surface area contributed by atoms with E-state index in [1.54, 1.807) is 42.6 Å². The van der Waals surface area contributed by atoms with Gasteiger partial charge >= 0.3 is 0 Å². The van der Waals surface area contributed by atoms with Crippen LogP contribution in [0.4, 0.5) is 5.69 Å². The summed E-state index contributed by atoms with van der Waals surface area (Å²) in [5.74, 6) is -0.208. The molecule has 2 heterocycles. The smallest absolute Gasteiger partial charge is 0.261 e. The van der Waals surface area contributed by atoms with Crippen LogP contribution >= 0.6 is 0 Å². The van der Waals surface area contributed by atoms with Gasteiger partial charge in [-0.2, -0.15) is 5.26 Å². The molecule has 7 nitrogen and oxygen atoms in total. The van der Waals surface area contributed by atoms with Gasteiger partial charge in [0.1, 0.15) is 11.8 Å². The molecule has 0 radical (unpaired) electrons. The Kier molecular flexibility index (Phi) is 5.37.